The summed E-state index contributed by atoms with van der Waals surface area (Å²) in [7, 11) is 0. The minimum atomic E-state index is 0.225. The van der Waals surface area contributed by atoms with Gasteiger partial charge in [-0.2, -0.15) is 0 Å². The number of halogens is 1. The van der Waals surface area contributed by atoms with E-state index in [1.807, 2.05) is 24.3 Å². The lowest BCUT2D eigenvalue weighted by molar-refractivity contribution is 0.271. The molecule has 0 aliphatic heterocycles. The van der Waals surface area contributed by atoms with Gasteiger partial charge in [0.15, 0.2) is 0 Å². The molecule has 1 aromatic carbocycles. The molecular weight excluding hydrogens is 252 g/mol. The molecule has 0 spiro atoms. The zero-order chi connectivity index (χ0) is 13.0. The third kappa shape index (κ3) is 3.23. The van der Waals surface area contributed by atoms with Crippen molar-refractivity contribution >= 4 is 11.6 Å². The Labute approximate surface area is 111 Å². The zero-order valence-corrected chi connectivity index (χ0v) is 11.1. The van der Waals surface area contributed by atoms with Crippen LogP contribution in [0.2, 0.25) is 0 Å². The van der Waals surface area contributed by atoms with Crippen molar-refractivity contribution in [2.45, 2.75) is 19.7 Å². The molecule has 2 aromatic rings. The number of benzene rings is 1. The molecule has 0 amide bonds. The van der Waals surface area contributed by atoms with E-state index in [1.54, 1.807) is 0 Å². The maximum Gasteiger partial charge on any atom is 0.247 e. The molecule has 0 unspecified atom stereocenters. The summed E-state index contributed by atoms with van der Waals surface area (Å²) in [5.41, 5.74) is 0.857. The van der Waals surface area contributed by atoms with Crippen LogP contribution in [0.25, 0.3) is 11.5 Å². The minimum absolute atomic E-state index is 0.225. The van der Waals surface area contributed by atoms with Crippen LogP contribution < -0.4 is 4.74 Å². The van der Waals surface area contributed by atoms with Gasteiger partial charge in [0.05, 0.1) is 6.61 Å². The van der Waals surface area contributed by atoms with Gasteiger partial charge in [0.1, 0.15) is 11.6 Å². The first-order valence-electron chi connectivity index (χ1n) is 5.80. The Morgan fingerprint density at radius 2 is 1.94 bits per heavy atom. The van der Waals surface area contributed by atoms with Crippen molar-refractivity contribution in [1.82, 2.24) is 10.2 Å². The summed E-state index contributed by atoms with van der Waals surface area (Å²) in [6.07, 6.45) is 0. The van der Waals surface area contributed by atoms with Crippen molar-refractivity contribution in [3.63, 3.8) is 0 Å². The van der Waals surface area contributed by atoms with E-state index < -0.39 is 0 Å². The Bertz CT molecular complexity index is 494. The summed E-state index contributed by atoms with van der Waals surface area (Å²) < 4.78 is 11.0. The first-order chi connectivity index (χ1) is 8.69. The summed E-state index contributed by atoms with van der Waals surface area (Å²) in [4.78, 5) is 0. The van der Waals surface area contributed by atoms with Gasteiger partial charge in [-0.25, -0.2) is 0 Å². The smallest absolute Gasteiger partial charge is 0.247 e. The Balaban J connectivity index is 2.07. The number of rotatable bonds is 5. The first-order valence-corrected chi connectivity index (χ1v) is 6.34. The average Bonchev–Trinajstić information content (AvgIpc) is 2.85. The van der Waals surface area contributed by atoms with Gasteiger partial charge < -0.3 is 9.15 Å². The Morgan fingerprint density at radius 1 is 1.22 bits per heavy atom. The lowest BCUT2D eigenvalue weighted by Gasteiger charge is -2.08. The second-order valence-electron chi connectivity index (χ2n) is 4.36. The van der Waals surface area contributed by atoms with Crippen molar-refractivity contribution in [2.75, 3.05) is 6.61 Å². The van der Waals surface area contributed by atoms with Crippen molar-refractivity contribution in [3.8, 4) is 17.2 Å². The molecule has 0 N–H and O–H groups in total. The fourth-order valence-electron chi connectivity index (χ4n) is 1.38. The van der Waals surface area contributed by atoms with Gasteiger partial charge >= 0.3 is 0 Å². The van der Waals surface area contributed by atoms with Crippen molar-refractivity contribution < 1.29 is 9.15 Å². The standard InChI is InChI=1S/C13H15ClN2O2/c1-9(2)8-17-11-5-3-10(4-6-11)13-16-15-12(7-14)18-13/h3-6,9H,7-8H2,1-2H3. The van der Waals surface area contributed by atoms with E-state index in [9.17, 15) is 0 Å². The number of aromatic nitrogens is 2. The third-order valence-corrected chi connectivity index (χ3v) is 2.49. The van der Waals surface area contributed by atoms with E-state index in [0.717, 1.165) is 11.3 Å². The van der Waals surface area contributed by atoms with E-state index in [-0.39, 0.29) is 5.88 Å². The summed E-state index contributed by atoms with van der Waals surface area (Å²) in [5.74, 6) is 2.46. The normalized spacial score (nSPS) is 10.9. The lowest BCUT2D eigenvalue weighted by Crippen LogP contribution is -2.04. The average molecular weight is 267 g/mol. The van der Waals surface area contributed by atoms with Crippen LogP contribution in [0.15, 0.2) is 28.7 Å². The molecule has 1 heterocycles. The van der Waals surface area contributed by atoms with E-state index >= 15 is 0 Å². The van der Waals surface area contributed by atoms with Crippen LogP contribution in [-0.4, -0.2) is 16.8 Å². The van der Waals surface area contributed by atoms with Gasteiger partial charge in [0, 0.05) is 5.56 Å². The highest BCUT2D eigenvalue weighted by atomic mass is 35.5. The highest BCUT2D eigenvalue weighted by molar-refractivity contribution is 6.16. The van der Waals surface area contributed by atoms with E-state index in [1.165, 1.54) is 0 Å². The van der Waals surface area contributed by atoms with Crippen LogP contribution in [0.3, 0.4) is 0 Å². The lowest BCUT2D eigenvalue weighted by atomic mass is 10.2. The quantitative estimate of drug-likeness (QED) is 0.777. The molecular formula is C13H15ClN2O2. The SMILES string of the molecule is CC(C)COc1ccc(-c2nnc(CCl)o2)cc1. The second-order valence-corrected chi connectivity index (χ2v) is 4.63. The predicted octanol–water partition coefficient (Wildman–Crippen LogP) is 3.51. The first kappa shape index (κ1) is 12.9. The van der Waals surface area contributed by atoms with Gasteiger partial charge in [0.2, 0.25) is 11.8 Å². The van der Waals surface area contributed by atoms with Gasteiger partial charge in [-0.3, -0.25) is 0 Å². The maximum absolute atomic E-state index is 5.61. The van der Waals surface area contributed by atoms with Crippen LogP contribution in [0.1, 0.15) is 19.7 Å². The molecule has 0 saturated heterocycles. The second kappa shape index (κ2) is 5.87. The summed E-state index contributed by atoms with van der Waals surface area (Å²) >= 11 is 5.61. The summed E-state index contributed by atoms with van der Waals surface area (Å²) in [6.45, 7) is 4.93. The molecule has 0 bridgehead atoms. The number of hydrogen-bond donors (Lipinski definition) is 0. The van der Waals surface area contributed by atoms with Gasteiger partial charge in [0.25, 0.3) is 0 Å². The van der Waals surface area contributed by atoms with Crippen LogP contribution in [0.4, 0.5) is 0 Å². The third-order valence-electron chi connectivity index (χ3n) is 2.27. The number of alkyl halides is 1. The molecule has 1 aromatic heterocycles. The van der Waals surface area contributed by atoms with Crippen LogP contribution in [0.5, 0.6) is 5.75 Å². The molecule has 4 nitrogen and oxygen atoms in total. The number of ether oxygens (including phenoxy) is 1. The van der Waals surface area contributed by atoms with Gasteiger partial charge in [-0.05, 0) is 30.2 Å². The molecule has 0 aliphatic rings. The van der Waals surface area contributed by atoms with E-state index in [2.05, 4.69) is 24.0 Å². The van der Waals surface area contributed by atoms with Crippen molar-refractivity contribution in [2.24, 2.45) is 5.92 Å². The van der Waals surface area contributed by atoms with E-state index in [0.29, 0.717) is 24.3 Å². The monoisotopic (exact) mass is 266 g/mol. The fourth-order valence-corrected chi connectivity index (χ4v) is 1.49. The Hall–Kier alpha value is -1.55. The Kier molecular flexibility index (Phi) is 4.20. The highest BCUT2D eigenvalue weighted by Crippen LogP contribution is 2.21. The predicted molar refractivity (Wildman–Crippen MR) is 69.6 cm³/mol. The summed E-state index contributed by atoms with van der Waals surface area (Å²) in [6, 6.07) is 7.56. The van der Waals surface area contributed by atoms with Gasteiger partial charge in [-0.15, -0.1) is 21.8 Å². The molecule has 96 valence electrons. The van der Waals surface area contributed by atoms with Crippen LogP contribution in [0, 0.1) is 5.92 Å². The Morgan fingerprint density at radius 3 is 2.50 bits per heavy atom. The number of hydrogen-bond acceptors (Lipinski definition) is 4. The molecule has 2 rings (SSSR count). The van der Waals surface area contributed by atoms with Crippen LogP contribution >= 0.6 is 11.6 Å². The van der Waals surface area contributed by atoms with Gasteiger partial charge in [-0.1, -0.05) is 13.8 Å². The largest absolute Gasteiger partial charge is 0.493 e. The van der Waals surface area contributed by atoms with E-state index in [4.69, 9.17) is 20.8 Å². The topological polar surface area (TPSA) is 48.2 Å². The summed E-state index contributed by atoms with van der Waals surface area (Å²) in [5, 5.41) is 7.73. The van der Waals surface area contributed by atoms with Crippen molar-refractivity contribution in [1.29, 1.82) is 0 Å². The molecule has 0 saturated carbocycles. The fraction of sp³-hybridized carbons (Fsp3) is 0.385. The van der Waals surface area contributed by atoms with Crippen molar-refractivity contribution in [3.05, 3.63) is 30.2 Å². The molecule has 0 atom stereocenters. The molecule has 0 aliphatic carbocycles. The maximum atomic E-state index is 5.61. The molecule has 5 heteroatoms. The zero-order valence-electron chi connectivity index (χ0n) is 10.4. The highest BCUT2D eigenvalue weighted by Gasteiger charge is 2.07. The molecule has 0 fully saturated rings. The molecule has 18 heavy (non-hydrogen) atoms. The number of nitrogens with zero attached hydrogens (tertiary/aromatic N) is 2. The minimum Gasteiger partial charge on any atom is -0.493 e. The molecule has 0 radical (unpaired) electrons. The van der Waals surface area contributed by atoms with Crippen LogP contribution in [-0.2, 0) is 5.88 Å².